The maximum atomic E-state index is 14.1. The molecular weight excluding hydrogens is 205 g/mol. The first-order chi connectivity index (χ1) is 7.79. The molecule has 1 aromatic rings. The molecule has 88 valence electrons. The molecule has 1 aliphatic rings. The monoisotopic (exact) mass is 223 g/mol. The molecule has 1 N–H and O–H groups in total. The van der Waals surface area contributed by atoms with Gasteiger partial charge in [-0.3, -0.25) is 0 Å². The highest BCUT2D eigenvalue weighted by Crippen LogP contribution is 2.24. The fraction of sp³-hybridized carbons (Fsp3) is 0.538. The molecule has 1 aliphatic heterocycles. The molecule has 1 aromatic carbocycles. The summed E-state index contributed by atoms with van der Waals surface area (Å²) in [6.45, 7) is 2.24. The summed E-state index contributed by atoms with van der Waals surface area (Å²) >= 11 is 0. The molecule has 0 atom stereocenters. The van der Waals surface area contributed by atoms with Crippen LogP contribution >= 0.6 is 0 Å². The van der Waals surface area contributed by atoms with E-state index in [1.807, 2.05) is 30.3 Å². The number of hydrogen-bond donors (Lipinski definition) is 1. The van der Waals surface area contributed by atoms with Gasteiger partial charge in [0, 0.05) is 39.1 Å². The van der Waals surface area contributed by atoms with Gasteiger partial charge in [0.1, 0.15) is 5.67 Å². The Morgan fingerprint density at radius 3 is 2.56 bits per heavy atom. The van der Waals surface area contributed by atoms with E-state index in [9.17, 15) is 4.39 Å². The zero-order valence-corrected chi connectivity index (χ0v) is 9.42. The third-order valence-electron chi connectivity index (χ3n) is 3.00. The van der Waals surface area contributed by atoms with E-state index >= 15 is 0 Å². The molecule has 1 fully saturated rings. The van der Waals surface area contributed by atoms with Crippen LogP contribution in [0.25, 0.3) is 0 Å². The van der Waals surface area contributed by atoms with Crippen LogP contribution in [0.4, 0.5) is 4.39 Å². The average molecular weight is 223 g/mol. The number of alkyl halides is 1. The Bertz CT molecular complexity index is 309. The Balaban J connectivity index is 1.75. The van der Waals surface area contributed by atoms with E-state index in [0.717, 1.165) is 6.54 Å². The van der Waals surface area contributed by atoms with Gasteiger partial charge in [-0.2, -0.15) is 0 Å². The van der Waals surface area contributed by atoms with Crippen LogP contribution in [0.15, 0.2) is 30.3 Å². The summed E-state index contributed by atoms with van der Waals surface area (Å²) in [5, 5.41) is 3.18. The second-order valence-corrected chi connectivity index (χ2v) is 4.35. The van der Waals surface area contributed by atoms with Crippen molar-refractivity contribution in [3.05, 3.63) is 35.9 Å². The minimum Gasteiger partial charge on any atom is -0.381 e. The SMILES string of the molecule is FC1(CNCc2ccccc2)CCOCC1. The van der Waals surface area contributed by atoms with E-state index in [1.54, 1.807) is 0 Å². The van der Waals surface area contributed by atoms with Gasteiger partial charge in [-0.15, -0.1) is 0 Å². The maximum absolute atomic E-state index is 14.1. The number of hydrogen-bond acceptors (Lipinski definition) is 2. The maximum Gasteiger partial charge on any atom is 0.127 e. The summed E-state index contributed by atoms with van der Waals surface area (Å²) in [5.41, 5.74) is 0.116. The lowest BCUT2D eigenvalue weighted by atomic mass is 9.96. The lowest BCUT2D eigenvalue weighted by Crippen LogP contribution is -2.41. The van der Waals surface area contributed by atoms with Gasteiger partial charge < -0.3 is 10.1 Å². The van der Waals surface area contributed by atoms with Crippen molar-refractivity contribution in [3.8, 4) is 0 Å². The van der Waals surface area contributed by atoms with Crippen molar-refractivity contribution in [3.63, 3.8) is 0 Å². The van der Waals surface area contributed by atoms with Crippen molar-refractivity contribution >= 4 is 0 Å². The van der Waals surface area contributed by atoms with Gasteiger partial charge in [0.2, 0.25) is 0 Å². The normalized spacial score (nSPS) is 19.6. The topological polar surface area (TPSA) is 21.3 Å². The highest BCUT2D eigenvalue weighted by Gasteiger charge is 2.31. The van der Waals surface area contributed by atoms with Crippen LogP contribution in [0.2, 0.25) is 0 Å². The summed E-state index contributed by atoms with van der Waals surface area (Å²) < 4.78 is 19.3. The van der Waals surface area contributed by atoms with Gasteiger partial charge in [0.05, 0.1) is 0 Å². The first-order valence-corrected chi connectivity index (χ1v) is 5.80. The van der Waals surface area contributed by atoms with Crippen molar-refractivity contribution in [2.24, 2.45) is 0 Å². The second-order valence-electron chi connectivity index (χ2n) is 4.35. The largest absolute Gasteiger partial charge is 0.381 e. The molecule has 3 heteroatoms. The quantitative estimate of drug-likeness (QED) is 0.845. The molecule has 0 spiro atoms. The third kappa shape index (κ3) is 3.29. The van der Waals surface area contributed by atoms with Gasteiger partial charge in [0.15, 0.2) is 0 Å². The van der Waals surface area contributed by atoms with Crippen LogP contribution in [0.3, 0.4) is 0 Å². The number of benzene rings is 1. The lowest BCUT2D eigenvalue weighted by Gasteiger charge is -2.29. The second kappa shape index (κ2) is 5.41. The smallest absolute Gasteiger partial charge is 0.127 e. The van der Waals surface area contributed by atoms with Crippen LogP contribution in [0, 0.1) is 0 Å². The minimum atomic E-state index is -1.08. The molecular formula is C13H18FNO. The molecule has 2 nitrogen and oxygen atoms in total. The van der Waals surface area contributed by atoms with Crippen molar-refractivity contribution in [1.29, 1.82) is 0 Å². The van der Waals surface area contributed by atoms with Crippen LogP contribution in [-0.2, 0) is 11.3 Å². The van der Waals surface area contributed by atoms with Gasteiger partial charge in [-0.25, -0.2) is 4.39 Å². The first-order valence-electron chi connectivity index (χ1n) is 5.80. The standard InChI is InChI=1S/C13H18FNO/c14-13(6-8-16-9-7-13)11-15-10-12-4-2-1-3-5-12/h1-5,15H,6-11H2. The van der Waals surface area contributed by atoms with Gasteiger partial charge >= 0.3 is 0 Å². The zero-order valence-electron chi connectivity index (χ0n) is 9.42. The molecule has 0 saturated carbocycles. The van der Waals surface area contributed by atoms with Crippen molar-refractivity contribution < 1.29 is 9.13 Å². The highest BCUT2D eigenvalue weighted by molar-refractivity contribution is 5.14. The van der Waals surface area contributed by atoms with Crippen LogP contribution in [-0.4, -0.2) is 25.4 Å². The number of ether oxygens (including phenoxy) is 1. The average Bonchev–Trinajstić information content (AvgIpc) is 2.31. The first kappa shape index (κ1) is 11.6. The third-order valence-corrected chi connectivity index (χ3v) is 3.00. The number of halogens is 1. The van der Waals surface area contributed by atoms with Gasteiger partial charge in [0.25, 0.3) is 0 Å². The van der Waals surface area contributed by atoms with Crippen LogP contribution in [0.5, 0.6) is 0 Å². The molecule has 16 heavy (non-hydrogen) atoms. The fourth-order valence-electron chi connectivity index (χ4n) is 1.94. The predicted octanol–water partition coefficient (Wildman–Crippen LogP) is 2.29. The molecule has 2 rings (SSSR count). The molecule has 0 unspecified atom stereocenters. The summed E-state index contributed by atoms with van der Waals surface area (Å²) in [4.78, 5) is 0. The fourth-order valence-corrected chi connectivity index (χ4v) is 1.94. The molecule has 1 heterocycles. The molecule has 0 bridgehead atoms. The summed E-state index contributed by atoms with van der Waals surface area (Å²) in [5.74, 6) is 0. The van der Waals surface area contributed by atoms with Crippen molar-refractivity contribution in [1.82, 2.24) is 5.32 Å². The summed E-state index contributed by atoms with van der Waals surface area (Å²) in [6.07, 6.45) is 1.02. The molecule has 0 radical (unpaired) electrons. The molecule has 0 aliphatic carbocycles. The highest BCUT2D eigenvalue weighted by atomic mass is 19.1. The van der Waals surface area contributed by atoms with Crippen LogP contribution < -0.4 is 5.32 Å². The summed E-state index contributed by atoms with van der Waals surface area (Å²) in [7, 11) is 0. The Hall–Kier alpha value is -0.930. The Morgan fingerprint density at radius 1 is 1.19 bits per heavy atom. The van der Waals surface area contributed by atoms with E-state index in [0.29, 0.717) is 32.6 Å². The van der Waals surface area contributed by atoms with E-state index < -0.39 is 5.67 Å². The summed E-state index contributed by atoms with van der Waals surface area (Å²) in [6, 6.07) is 10.1. The lowest BCUT2D eigenvalue weighted by molar-refractivity contribution is -0.00792. The minimum absolute atomic E-state index is 0.422. The Morgan fingerprint density at radius 2 is 1.88 bits per heavy atom. The molecule has 1 saturated heterocycles. The van der Waals surface area contributed by atoms with Crippen molar-refractivity contribution in [2.45, 2.75) is 25.1 Å². The number of rotatable bonds is 4. The van der Waals surface area contributed by atoms with E-state index in [-0.39, 0.29) is 0 Å². The van der Waals surface area contributed by atoms with Crippen molar-refractivity contribution in [2.75, 3.05) is 19.8 Å². The Labute approximate surface area is 95.8 Å². The van der Waals surface area contributed by atoms with E-state index in [4.69, 9.17) is 4.74 Å². The van der Waals surface area contributed by atoms with Gasteiger partial charge in [-0.1, -0.05) is 30.3 Å². The Kier molecular flexibility index (Phi) is 3.91. The van der Waals surface area contributed by atoms with Crippen LogP contribution in [0.1, 0.15) is 18.4 Å². The van der Waals surface area contributed by atoms with E-state index in [2.05, 4.69) is 5.32 Å². The van der Waals surface area contributed by atoms with Gasteiger partial charge in [-0.05, 0) is 5.56 Å². The zero-order chi connectivity index (χ0) is 11.3. The molecule has 0 amide bonds. The number of nitrogens with one attached hydrogen (secondary N) is 1. The van der Waals surface area contributed by atoms with E-state index in [1.165, 1.54) is 5.56 Å². The molecule has 0 aromatic heterocycles. The predicted molar refractivity (Wildman–Crippen MR) is 62.0 cm³/mol.